The van der Waals surface area contributed by atoms with Crippen molar-refractivity contribution in [3.63, 3.8) is 0 Å². The van der Waals surface area contributed by atoms with Crippen LogP contribution in [-0.2, 0) is 9.59 Å². The van der Waals surface area contributed by atoms with E-state index in [1.54, 1.807) is 18.3 Å². The molecule has 3 aliphatic rings. The molecule has 0 N–H and O–H groups in total. The van der Waals surface area contributed by atoms with Crippen LogP contribution in [0.3, 0.4) is 0 Å². The summed E-state index contributed by atoms with van der Waals surface area (Å²) in [7, 11) is 0. The van der Waals surface area contributed by atoms with Crippen molar-refractivity contribution in [3.8, 4) is 6.07 Å². The van der Waals surface area contributed by atoms with E-state index in [1.165, 1.54) is 4.90 Å². The van der Waals surface area contributed by atoms with Gasteiger partial charge in [0.2, 0.25) is 11.8 Å². The minimum Gasteiger partial charge on any atom is -0.353 e. The van der Waals surface area contributed by atoms with Crippen molar-refractivity contribution in [1.82, 2.24) is 14.8 Å². The number of piperidine rings is 1. The van der Waals surface area contributed by atoms with E-state index in [2.05, 4.69) is 20.9 Å². The molecule has 1 aromatic heterocycles. The van der Waals surface area contributed by atoms with Crippen molar-refractivity contribution in [2.45, 2.75) is 44.9 Å². The van der Waals surface area contributed by atoms with Crippen LogP contribution < -0.4 is 4.90 Å². The number of anilines is 1. The fraction of sp³-hybridized carbons (Fsp3) is 0.636. The first kappa shape index (κ1) is 19.8. The fourth-order valence-corrected chi connectivity index (χ4v) is 5.13. The van der Waals surface area contributed by atoms with E-state index in [0.29, 0.717) is 24.9 Å². The van der Waals surface area contributed by atoms with E-state index in [-0.39, 0.29) is 17.2 Å². The highest BCUT2D eigenvalue weighted by atomic mass is 16.2. The number of imide groups is 1. The normalized spacial score (nSPS) is 22.3. The molecule has 1 aliphatic carbocycles. The minimum absolute atomic E-state index is 0.0191. The minimum atomic E-state index is -0.0191. The Hall–Kier alpha value is -2.46. The molecule has 0 atom stereocenters. The molecule has 7 heteroatoms. The average Bonchev–Trinajstić information content (AvgIpc) is 3.17. The van der Waals surface area contributed by atoms with E-state index in [4.69, 9.17) is 0 Å². The van der Waals surface area contributed by atoms with Gasteiger partial charge in [0.15, 0.2) is 0 Å². The lowest BCUT2D eigenvalue weighted by atomic mass is 9.76. The zero-order valence-corrected chi connectivity index (χ0v) is 17.0. The standard InChI is InChI=1S/C22H29N5O2/c23-17-18-5-3-8-24-21(18)26-13-11-25(12-14-26)9-4-10-27-19(28)15-22(16-20(27)29)6-1-2-7-22/h3,5,8H,1-2,4,6-7,9-16H2. The van der Waals surface area contributed by atoms with Crippen LogP contribution in [0, 0.1) is 16.7 Å². The van der Waals surface area contributed by atoms with Crippen molar-refractivity contribution in [3.05, 3.63) is 23.9 Å². The Kier molecular flexibility index (Phi) is 5.81. The maximum atomic E-state index is 12.6. The van der Waals surface area contributed by atoms with E-state index < -0.39 is 0 Å². The Morgan fingerprint density at radius 3 is 2.38 bits per heavy atom. The number of hydrogen-bond donors (Lipinski definition) is 0. The zero-order chi connectivity index (χ0) is 20.3. The number of rotatable bonds is 5. The number of nitrogens with zero attached hydrogens (tertiary/aromatic N) is 5. The number of aromatic nitrogens is 1. The lowest BCUT2D eigenvalue weighted by Gasteiger charge is -2.38. The van der Waals surface area contributed by atoms with Gasteiger partial charge in [-0.1, -0.05) is 12.8 Å². The van der Waals surface area contributed by atoms with Crippen molar-refractivity contribution in [1.29, 1.82) is 5.26 Å². The summed E-state index contributed by atoms with van der Waals surface area (Å²) in [4.78, 5) is 35.5. The molecule has 3 heterocycles. The fourth-order valence-electron chi connectivity index (χ4n) is 5.13. The second-order valence-electron chi connectivity index (χ2n) is 8.67. The molecule has 154 valence electrons. The smallest absolute Gasteiger partial charge is 0.229 e. The number of hydrogen-bond acceptors (Lipinski definition) is 6. The molecule has 2 amide bonds. The summed E-state index contributed by atoms with van der Waals surface area (Å²) in [6.45, 7) is 4.86. The monoisotopic (exact) mass is 395 g/mol. The number of likely N-dealkylation sites (tertiary alicyclic amines) is 1. The molecule has 7 nitrogen and oxygen atoms in total. The van der Waals surface area contributed by atoms with Gasteiger partial charge >= 0.3 is 0 Å². The third-order valence-corrected chi connectivity index (χ3v) is 6.75. The van der Waals surface area contributed by atoms with Gasteiger partial charge in [0, 0.05) is 51.8 Å². The first-order valence-electron chi connectivity index (χ1n) is 10.8. The molecular formula is C22H29N5O2. The largest absolute Gasteiger partial charge is 0.353 e. The number of carbonyl (C=O) groups excluding carboxylic acids is 2. The highest BCUT2D eigenvalue weighted by molar-refractivity contribution is 5.98. The lowest BCUT2D eigenvalue weighted by Crippen LogP contribution is -2.49. The molecule has 0 aromatic carbocycles. The van der Waals surface area contributed by atoms with Gasteiger partial charge in [-0.15, -0.1) is 0 Å². The van der Waals surface area contributed by atoms with Crippen LogP contribution in [0.25, 0.3) is 0 Å². The highest BCUT2D eigenvalue weighted by Gasteiger charge is 2.44. The van der Waals surface area contributed by atoms with E-state index in [9.17, 15) is 14.9 Å². The van der Waals surface area contributed by atoms with Crippen LogP contribution in [0.5, 0.6) is 0 Å². The second-order valence-corrected chi connectivity index (χ2v) is 8.67. The molecule has 2 aliphatic heterocycles. The topological polar surface area (TPSA) is 80.5 Å². The molecule has 0 bridgehead atoms. The molecule has 0 unspecified atom stereocenters. The Morgan fingerprint density at radius 1 is 1.03 bits per heavy atom. The second kappa shape index (κ2) is 8.50. The van der Waals surface area contributed by atoms with E-state index in [0.717, 1.165) is 70.6 Å². The summed E-state index contributed by atoms with van der Waals surface area (Å²) in [5.41, 5.74) is 0.595. The predicted molar refractivity (Wildman–Crippen MR) is 109 cm³/mol. The molecule has 1 aromatic rings. The summed E-state index contributed by atoms with van der Waals surface area (Å²) >= 11 is 0. The summed E-state index contributed by atoms with van der Waals surface area (Å²) in [5.74, 6) is 0.833. The Bertz CT molecular complexity index is 784. The maximum Gasteiger partial charge on any atom is 0.229 e. The zero-order valence-electron chi connectivity index (χ0n) is 17.0. The third kappa shape index (κ3) is 4.27. The molecule has 0 radical (unpaired) electrons. The Morgan fingerprint density at radius 2 is 1.72 bits per heavy atom. The van der Waals surface area contributed by atoms with Gasteiger partial charge in [0.25, 0.3) is 0 Å². The van der Waals surface area contributed by atoms with Crippen LogP contribution in [0.15, 0.2) is 18.3 Å². The molecule has 1 spiro atoms. The first-order chi connectivity index (χ1) is 14.1. The molecule has 3 fully saturated rings. The molecule has 2 saturated heterocycles. The van der Waals surface area contributed by atoms with Gasteiger partial charge in [-0.3, -0.25) is 19.4 Å². The van der Waals surface area contributed by atoms with Gasteiger partial charge in [-0.05, 0) is 43.4 Å². The van der Waals surface area contributed by atoms with Gasteiger partial charge in [0.05, 0.1) is 5.56 Å². The first-order valence-corrected chi connectivity index (χ1v) is 10.8. The number of pyridine rings is 1. The van der Waals surface area contributed by atoms with Crippen LogP contribution in [0.4, 0.5) is 5.82 Å². The van der Waals surface area contributed by atoms with Crippen molar-refractivity contribution in [2.75, 3.05) is 44.2 Å². The maximum absolute atomic E-state index is 12.6. The van der Waals surface area contributed by atoms with Gasteiger partial charge < -0.3 is 4.90 Å². The quantitative estimate of drug-likeness (QED) is 0.711. The van der Waals surface area contributed by atoms with Crippen LogP contribution >= 0.6 is 0 Å². The highest BCUT2D eigenvalue weighted by Crippen LogP contribution is 2.46. The average molecular weight is 396 g/mol. The predicted octanol–water partition coefficient (Wildman–Crippen LogP) is 2.17. The summed E-state index contributed by atoms with van der Waals surface area (Å²) < 4.78 is 0. The summed E-state index contributed by atoms with van der Waals surface area (Å²) in [5, 5.41) is 9.26. The van der Waals surface area contributed by atoms with Crippen LogP contribution in [0.1, 0.15) is 50.5 Å². The van der Waals surface area contributed by atoms with Gasteiger partial charge in [-0.2, -0.15) is 5.26 Å². The van der Waals surface area contributed by atoms with Crippen LogP contribution in [0.2, 0.25) is 0 Å². The molecule has 1 saturated carbocycles. The Labute approximate surface area is 172 Å². The number of piperazine rings is 1. The molecule has 4 rings (SSSR count). The summed E-state index contributed by atoms with van der Waals surface area (Å²) in [6.07, 6.45) is 8.04. The SMILES string of the molecule is N#Cc1cccnc1N1CCN(CCCN2C(=O)CC3(CCCC3)CC2=O)CC1. The number of carbonyl (C=O) groups is 2. The third-order valence-electron chi connectivity index (χ3n) is 6.75. The lowest BCUT2D eigenvalue weighted by molar-refractivity contribution is -0.153. The summed E-state index contributed by atoms with van der Waals surface area (Å²) in [6, 6.07) is 5.80. The van der Waals surface area contributed by atoms with Crippen molar-refractivity contribution >= 4 is 17.6 Å². The van der Waals surface area contributed by atoms with Gasteiger partial charge in [-0.25, -0.2) is 4.98 Å². The van der Waals surface area contributed by atoms with E-state index >= 15 is 0 Å². The molecular weight excluding hydrogens is 366 g/mol. The van der Waals surface area contributed by atoms with E-state index in [1.807, 2.05) is 0 Å². The van der Waals surface area contributed by atoms with Crippen molar-refractivity contribution in [2.24, 2.45) is 5.41 Å². The van der Waals surface area contributed by atoms with Gasteiger partial charge in [0.1, 0.15) is 11.9 Å². The van der Waals surface area contributed by atoms with Crippen LogP contribution in [-0.4, -0.2) is 65.9 Å². The number of amides is 2. The Balaban J connectivity index is 1.23. The molecule has 29 heavy (non-hydrogen) atoms. The number of nitriles is 1. The van der Waals surface area contributed by atoms with Crippen molar-refractivity contribution < 1.29 is 9.59 Å².